The number of hydrogen-bond donors (Lipinski definition) is 1. The van der Waals surface area contributed by atoms with Crippen LogP contribution in [0.15, 0.2) is 59.5 Å². The lowest BCUT2D eigenvalue weighted by Crippen LogP contribution is -2.42. The molecule has 2 aromatic rings. The molecule has 0 heterocycles. The fraction of sp³-hybridized carbons (Fsp3) is 0.333. The van der Waals surface area contributed by atoms with Crippen LogP contribution in [-0.4, -0.2) is 63.3 Å². The molecule has 0 aliphatic carbocycles. The van der Waals surface area contributed by atoms with Gasteiger partial charge in [0.2, 0.25) is 21.8 Å². The van der Waals surface area contributed by atoms with Gasteiger partial charge in [-0.2, -0.15) is 4.31 Å². The number of methoxy groups -OCH3 is 1. The van der Waals surface area contributed by atoms with E-state index in [2.05, 4.69) is 5.32 Å². The van der Waals surface area contributed by atoms with E-state index in [0.29, 0.717) is 25.4 Å². The first kappa shape index (κ1) is 23.5. The second-order valence-corrected chi connectivity index (χ2v) is 8.81. The molecule has 2 amide bonds. The molecule has 0 unspecified atom stereocenters. The van der Waals surface area contributed by atoms with Crippen LogP contribution in [0.1, 0.15) is 12.5 Å². The van der Waals surface area contributed by atoms with Gasteiger partial charge in [0, 0.05) is 39.9 Å². The van der Waals surface area contributed by atoms with Gasteiger partial charge in [0.1, 0.15) is 0 Å². The van der Waals surface area contributed by atoms with Gasteiger partial charge in [0.15, 0.2) is 0 Å². The molecular weight excluding hydrogens is 406 g/mol. The van der Waals surface area contributed by atoms with Crippen molar-refractivity contribution in [2.75, 3.05) is 39.2 Å². The second-order valence-electron chi connectivity index (χ2n) is 6.76. The number of nitrogens with one attached hydrogen (secondary N) is 1. The lowest BCUT2D eigenvalue weighted by atomic mass is 10.2. The molecule has 2 aromatic carbocycles. The van der Waals surface area contributed by atoms with Crippen molar-refractivity contribution in [2.45, 2.75) is 18.4 Å². The molecule has 0 fully saturated rings. The van der Waals surface area contributed by atoms with Crippen molar-refractivity contribution in [1.29, 1.82) is 0 Å². The lowest BCUT2D eigenvalue weighted by Gasteiger charge is -2.25. The van der Waals surface area contributed by atoms with E-state index in [-0.39, 0.29) is 23.3 Å². The summed E-state index contributed by atoms with van der Waals surface area (Å²) in [6.07, 6.45) is 0. The van der Waals surface area contributed by atoms with Crippen molar-refractivity contribution in [1.82, 2.24) is 9.21 Å². The molecule has 2 rings (SSSR count). The molecular formula is C21H27N3O5S. The summed E-state index contributed by atoms with van der Waals surface area (Å²) in [5.41, 5.74) is 1.44. The minimum atomic E-state index is -3.86. The van der Waals surface area contributed by atoms with Crippen LogP contribution in [0.2, 0.25) is 0 Å². The molecule has 0 atom stereocenters. The number of carbonyl (C=O) groups is 2. The van der Waals surface area contributed by atoms with E-state index in [0.717, 1.165) is 9.87 Å². The Labute approximate surface area is 177 Å². The second kappa shape index (κ2) is 10.9. The first-order chi connectivity index (χ1) is 14.2. The maximum Gasteiger partial charge on any atom is 0.243 e. The van der Waals surface area contributed by atoms with E-state index in [9.17, 15) is 18.0 Å². The van der Waals surface area contributed by atoms with E-state index >= 15 is 0 Å². The summed E-state index contributed by atoms with van der Waals surface area (Å²) in [7, 11) is -0.949. The maximum absolute atomic E-state index is 12.8. The summed E-state index contributed by atoms with van der Waals surface area (Å²) < 4.78 is 31.8. The van der Waals surface area contributed by atoms with Crippen molar-refractivity contribution in [3.8, 4) is 0 Å². The molecule has 1 N–H and O–H groups in total. The van der Waals surface area contributed by atoms with Gasteiger partial charge >= 0.3 is 0 Å². The van der Waals surface area contributed by atoms with Gasteiger partial charge in [-0.3, -0.25) is 9.59 Å². The lowest BCUT2D eigenvalue weighted by molar-refractivity contribution is -0.132. The van der Waals surface area contributed by atoms with Crippen LogP contribution in [-0.2, 0) is 30.9 Å². The highest BCUT2D eigenvalue weighted by Crippen LogP contribution is 2.18. The van der Waals surface area contributed by atoms with Gasteiger partial charge < -0.3 is 15.0 Å². The molecule has 0 aliphatic heterocycles. The summed E-state index contributed by atoms with van der Waals surface area (Å²) >= 11 is 0. The Morgan fingerprint density at radius 2 is 1.67 bits per heavy atom. The van der Waals surface area contributed by atoms with Crippen molar-refractivity contribution in [2.24, 2.45) is 0 Å². The van der Waals surface area contributed by atoms with Crippen LogP contribution in [0.5, 0.6) is 0 Å². The molecule has 0 saturated heterocycles. The topological polar surface area (TPSA) is 96.0 Å². The Balaban J connectivity index is 2.10. The zero-order valence-corrected chi connectivity index (χ0v) is 18.2. The normalized spacial score (nSPS) is 11.3. The van der Waals surface area contributed by atoms with E-state index in [4.69, 9.17) is 4.74 Å². The largest absolute Gasteiger partial charge is 0.383 e. The number of ether oxygens (including phenoxy) is 1. The van der Waals surface area contributed by atoms with Crippen molar-refractivity contribution >= 4 is 27.5 Å². The number of carbonyl (C=O) groups excluding carboxylic acids is 2. The maximum atomic E-state index is 12.8. The molecule has 0 spiro atoms. The SMILES string of the molecule is COCCN(Cc1ccccc1)C(=O)CN(C)S(=O)(=O)c1ccc(NC(C)=O)cc1. The molecule has 30 heavy (non-hydrogen) atoms. The summed E-state index contributed by atoms with van der Waals surface area (Å²) in [4.78, 5) is 25.6. The minimum absolute atomic E-state index is 0.0402. The van der Waals surface area contributed by atoms with E-state index in [1.807, 2.05) is 30.3 Å². The van der Waals surface area contributed by atoms with Gasteiger partial charge in [0.05, 0.1) is 18.0 Å². The number of amides is 2. The first-order valence-electron chi connectivity index (χ1n) is 9.38. The highest BCUT2D eigenvalue weighted by atomic mass is 32.2. The Bertz CT molecular complexity index is 946. The average Bonchev–Trinajstić information content (AvgIpc) is 2.71. The molecule has 0 saturated carbocycles. The van der Waals surface area contributed by atoms with Crippen LogP contribution < -0.4 is 5.32 Å². The summed E-state index contributed by atoms with van der Waals surface area (Å²) in [6.45, 7) is 2.13. The number of benzene rings is 2. The monoisotopic (exact) mass is 433 g/mol. The predicted octanol–water partition coefficient (Wildman–Crippen LogP) is 1.94. The zero-order valence-electron chi connectivity index (χ0n) is 17.4. The quantitative estimate of drug-likeness (QED) is 0.618. The Hall–Kier alpha value is -2.75. The molecule has 0 aliphatic rings. The van der Waals surface area contributed by atoms with Gasteiger partial charge in [-0.05, 0) is 29.8 Å². The third-order valence-electron chi connectivity index (χ3n) is 4.38. The zero-order chi connectivity index (χ0) is 22.1. The fourth-order valence-corrected chi connectivity index (χ4v) is 3.89. The number of nitrogens with zero attached hydrogens (tertiary/aromatic N) is 2. The summed E-state index contributed by atoms with van der Waals surface area (Å²) in [5.74, 6) is -0.570. The van der Waals surface area contributed by atoms with E-state index < -0.39 is 10.0 Å². The molecule has 8 nitrogen and oxygen atoms in total. The van der Waals surface area contributed by atoms with E-state index in [1.54, 1.807) is 12.0 Å². The van der Waals surface area contributed by atoms with Crippen LogP contribution in [0.4, 0.5) is 5.69 Å². The number of hydrogen-bond acceptors (Lipinski definition) is 5. The Kier molecular flexibility index (Phi) is 8.52. The Morgan fingerprint density at radius 1 is 1.03 bits per heavy atom. The fourth-order valence-electron chi connectivity index (χ4n) is 2.77. The van der Waals surface area contributed by atoms with Crippen molar-refractivity contribution < 1.29 is 22.7 Å². The molecule has 0 aromatic heterocycles. The van der Waals surface area contributed by atoms with Crippen LogP contribution in [0, 0.1) is 0 Å². The standard InChI is InChI=1S/C21H27N3O5S/c1-17(25)22-19-9-11-20(12-10-19)30(27,28)23(2)16-21(26)24(13-14-29-3)15-18-7-5-4-6-8-18/h4-12H,13-16H2,1-3H3,(H,22,25). The minimum Gasteiger partial charge on any atom is -0.383 e. The van der Waals surface area contributed by atoms with Crippen molar-refractivity contribution in [3.63, 3.8) is 0 Å². The van der Waals surface area contributed by atoms with Crippen molar-refractivity contribution in [3.05, 3.63) is 60.2 Å². The average molecular weight is 434 g/mol. The molecule has 0 radical (unpaired) electrons. The number of likely N-dealkylation sites (N-methyl/N-ethyl adjacent to an activating group) is 1. The van der Waals surface area contributed by atoms with Gasteiger partial charge in [-0.1, -0.05) is 30.3 Å². The van der Waals surface area contributed by atoms with Crippen LogP contribution in [0.3, 0.4) is 0 Å². The third-order valence-corrected chi connectivity index (χ3v) is 6.19. The van der Waals surface area contributed by atoms with Crippen LogP contribution in [0.25, 0.3) is 0 Å². The Morgan fingerprint density at radius 3 is 2.23 bits per heavy atom. The highest BCUT2D eigenvalue weighted by Gasteiger charge is 2.25. The molecule has 0 bridgehead atoms. The van der Waals surface area contributed by atoms with Gasteiger partial charge in [-0.25, -0.2) is 8.42 Å². The molecule has 9 heteroatoms. The van der Waals surface area contributed by atoms with Crippen LogP contribution >= 0.6 is 0 Å². The summed E-state index contributed by atoms with van der Waals surface area (Å²) in [6, 6.07) is 15.3. The highest BCUT2D eigenvalue weighted by molar-refractivity contribution is 7.89. The van der Waals surface area contributed by atoms with Gasteiger partial charge in [0.25, 0.3) is 0 Å². The number of sulfonamides is 1. The third kappa shape index (κ3) is 6.65. The van der Waals surface area contributed by atoms with E-state index in [1.165, 1.54) is 38.2 Å². The molecule has 162 valence electrons. The van der Waals surface area contributed by atoms with Gasteiger partial charge in [-0.15, -0.1) is 0 Å². The smallest absolute Gasteiger partial charge is 0.243 e. The summed E-state index contributed by atoms with van der Waals surface area (Å²) in [5, 5.41) is 2.58. The number of anilines is 1. The predicted molar refractivity (Wildman–Crippen MR) is 114 cm³/mol. The number of rotatable bonds is 10. The first-order valence-corrected chi connectivity index (χ1v) is 10.8.